The van der Waals surface area contributed by atoms with Crippen LogP contribution in [-0.4, -0.2) is 27.7 Å². The highest BCUT2D eigenvalue weighted by atomic mass is 32.2. The van der Waals surface area contributed by atoms with E-state index in [4.69, 9.17) is 0 Å². The first-order valence-electron chi connectivity index (χ1n) is 6.74. The second kappa shape index (κ2) is 7.13. The SMILES string of the molecule is C[Si](C)(C)C#CC1=C(C#C[Si](C)(C)C)SCCCS1. The van der Waals surface area contributed by atoms with E-state index in [9.17, 15) is 0 Å². The fraction of sp³-hybridized carbons (Fsp3) is 0.600. The summed E-state index contributed by atoms with van der Waals surface area (Å²) < 4.78 is 0. The van der Waals surface area contributed by atoms with Crippen molar-refractivity contribution in [3.8, 4) is 22.9 Å². The third-order valence-corrected chi connectivity index (χ3v) is 6.14. The van der Waals surface area contributed by atoms with Crippen molar-refractivity contribution in [3.63, 3.8) is 0 Å². The molecule has 104 valence electrons. The summed E-state index contributed by atoms with van der Waals surface area (Å²) >= 11 is 3.81. The van der Waals surface area contributed by atoms with Crippen LogP contribution in [0.1, 0.15) is 6.42 Å². The van der Waals surface area contributed by atoms with Gasteiger partial charge in [-0.15, -0.1) is 34.6 Å². The van der Waals surface area contributed by atoms with Gasteiger partial charge in [0.1, 0.15) is 16.1 Å². The van der Waals surface area contributed by atoms with Gasteiger partial charge in [0.25, 0.3) is 0 Å². The Morgan fingerprint density at radius 3 is 1.42 bits per heavy atom. The van der Waals surface area contributed by atoms with E-state index in [2.05, 4.69) is 62.2 Å². The molecule has 0 saturated heterocycles. The lowest BCUT2D eigenvalue weighted by Gasteiger charge is -2.06. The van der Waals surface area contributed by atoms with Gasteiger partial charge in [-0.3, -0.25) is 0 Å². The van der Waals surface area contributed by atoms with Crippen LogP contribution in [0.5, 0.6) is 0 Å². The van der Waals surface area contributed by atoms with Gasteiger partial charge in [-0.1, -0.05) is 51.1 Å². The van der Waals surface area contributed by atoms with Gasteiger partial charge < -0.3 is 0 Å². The molecule has 0 amide bonds. The summed E-state index contributed by atoms with van der Waals surface area (Å²) in [5.74, 6) is 9.23. The summed E-state index contributed by atoms with van der Waals surface area (Å²) in [6, 6.07) is 0. The van der Waals surface area contributed by atoms with Crippen LogP contribution in [0.15, 0.2) is 9.81 Å². The lowest BCUT2D eigenvalue weighted by molar-refractivity contribution is 1.13. The number of allylic oxidation sites excluding steroid dienone is 2. The Bertz CT molecular complexity index is 427. The van der Waals surface area contributed by atoms with Crippen molar-refractivity contribution >= 4 is 39.7 Å². The predicted octanol–water partition coefficient (Wildman–Crippen LogP) is 4.83. The van der Waals surface area contributed by atoms with E-state index in [-0.39, 0.29) is 0 Å². The molecule has 0 nitrogen and oxygen atoms in total. The van der Waals surface area contributed by atoms with E-state index >= 15 is 0 Å². The van der Waals surface area contributed by atoms with E-state index in [0.29, 0.717) is 0 Å². The molecule has 0 atom stereocenters. The van der Waals surface area contributed by atoms with E-state index in [1.807, 2.05) is 23.5 Å². The third-order valence-electron chi connectivity index (χ3n) is 2.09. The largest absolute Gasteiger partial charge is 0.129 e. The highest BCUT2D eigenvalue weighted by Gasteiger charge is 2.13. The summed E-state index contributed by atoms with van der Waals surface area (Å²) in [6.45, 7) is 13.8. The first-order chi connectivity index (χ1) is 8.67. The molecule has 0 aromatic heterocycles. The quantitative estimate of drug-likeness (QED) is 0.462. The Labute approximate surface area is 129 Å². The molecule has 0 aromatic rings. The minimum Gasteiger partial charge on any atom is -0.126 e. The Morgan fingerprint density at radius 2 is 1.11 bits per heavy atom. The number of hydrogen-bond acceptors (Lipinski definition) is 2. The lowest BCUT2D eigenvalue weighted by Crippen LogP contribution is -2.16. The molecule has 0 aromatic carbocycles. The minimum atomic E-state index is -1.30. The van der Waals surface area contributed by atoms with Crippen molar-refractivity contribution in [1.29, 1.82) is 0 Å². The Balaban J connectivity index is 3.09. The summed E-state index contributed by atoms with van der Waals surface area (Å²) in [5.41, 5.74) is 6.97. The average molecular weight is 325 g/mol. The predicted molar refractivity (Wildman–Crippen MR) is 98.8 cm³/mol. The van der Waals surface area contributed by atoms with Crippen molar-refractivity contribution < 1.29 is 0 Å². The summed E-state index contributed by atoms with van der Waals surface area (Å²) in [6.07, 6.45) is 1.26. The molecular weight excluding hydrogens is 300 g/mol. The zero-order valence-corrected chi connectivity index (χ0v) is 16.6. The van der Waals surface area contributed by atoms with Gasteiger partial charge in [-0.2, -0.15) is 0 Å². The van der Waals surface area contributed by atoms with E-state index in [1.54, 1.807) is 0 Å². The summed E-state index contributed by atoms with van der Waals surface area (Å²) in [7, 11) is -2.61. The van der Waals surface area contributed by atoms with Gasteiger partial charge >= 0.3 is 0 Å². The standard InChI is InChI=1S/C15H24S2Si2/c1-18(2,3)12-8-14-15(9-13-19(4,5)6)17-11-7-10-16-14/h7,10-11H2,1-6H3. The van der Waals surface area contributed by atoms with Crippen molar-refractivity contribution in [2.24, 2.45) is 0 Å². The van der Waals surface area contributed by atoms with E-state index in [0.717, 1.165) is 0 Å². The maximum Gasteiger partial charge on any atom is 0.129 e. The second-order valence-electron chi connectivity index (χ2n) is 6.71. The number of rotatable bonds is 0. The Hall–Kier alpha value is -0.00623. The average Bonchev–Trinajstić information content (AvgIpc) is 2.46. The molecule has 0 N–H and O–H groups in total. The van der Waals surface area contributed by atoms with Crippen molar-refractivity contribution in [2.45, 2.75) is 45.7 Å². The molecule has 0 radical (unpaired) electrons. The number of thioether (sulfide) groups is 2. The second-order valence-corrected chi connectivity index (χ2v) is 18.4. The smallest absolute Gasteiger partial charge is 0.126 e. The molecule has 19 heavy (non-hydrogen) atoms. The zero-order valence-electron chi connectivity index (χ0n) is 12.9. The molecule has 0 spiro atoms. The molecule has 0 unspecified atom stereocenters. The van der Waals surface area contributed by atoms with Gasteiger partial charge in [0.05, 0.1) is 9.81 Å². The normalized spacial score (nSPS) is 16.9. The minimum absolute atomic E-state index is 1.18. The van der Waals surface area contributed by atoms with Crippen LogP contribution in [0.25, 0.3) is 0 Å². The fourth-order valence-corrected chi connectivity index (χ4v) is 4.53. The van der Waals surface area contributed by atoms with Gasteiger partial charge in [-0.25, -0.2) is 0 Å². The van der Waals surface area contributed by atoms with Crippen LogP contribution in [0, 0.1) is 22.9 Å². The molecule has 1 rings (SSSR count). The highest BCUT2D eigenvalue weighted by Crippen LogP contribution is 2.32. The van der Waals surface area contributed by atoms with Gasteiger partial charge in [0.2, 0.25) is 0 Å². The maximum absolute atomic E-state index is 3.49. The molecule has 1 aliphatic rings. The molecular formula is C15H24S2Si2. The first-order valence-corrected chi connectivity index (χ1v) is 15.7. The molecule has 0 aliphatic carbocycles. The topological polar surface area (TPSA) is 0 Å². The summed E-state index contributed by atoms with van der Waals surface area (Å²) in [4.78, 5) is 2.46. The van der Waals surface area contributed by atoms with Crippen molar-refractivity contribution in [3.05, 3.63) is 9.81 Å². The molecule has 0 saturated carbocycles. The van der Waals surface area contributed by atoms with Crippen LogP contribution >= 0.6 is 23.5 Å². The lowest BCUT2D eigenvalue weighted by atomic mass is 10.5. The van der Waals surface area contributed by atoms with Crippen molar-refractivity contribution in [1.82, 2.24) is 0 Å². The maximum atomic E-state index is 3.49. The Morgan fingerprint density at radius 1 is 0.737 bits per heavy atom. The van der Waals surface area contributed by atoms with Crippen molar-refractivity contribution in [2.75, 3.05) is 11.5 Å². The molecule has 4 heteroatoms. The fourth-order valence-electron chi connectivity index (χ4n) is 1.21. The number of hydrogen-bond donors (Lipinski definition) is 0. The monoisotopic (exact) mass is 324 g/mol. The Kier molecular flexibility index (Phi) is 6.40. The zero-order chi connectivity index (χ0) is 14.5. The van der Waals surface area contributed by atoms with Gasteiger partial charge in [0, 0.05) is 0 Å². The molecule has 1 heterocycles. The van der Waals surface area contributed by atoms with Gasteiger partial charge in [-0.05, 0) is 17.9 Å². The highest BCUT2D eigenvalue weighted by molar-refractivity contribution is 8.07. The van der Waals surface area contributed by atoms with E-state index in [1.165, 1.54) is 27.7 Å². The van der Waals surface area contributed by atoms with Gasteiger partial charge in [0.15, 0.2) is 0 Å². The van der Waals surface area contributed by atoms with E-state index < -0.39 is 16.1 Å². The van der Waals surface area contributed by atoms with Crippen LogP contribution in [0.2, 0.25) is 39.3 Å². The molecule has 0 bridgehead atoms. The third kappa shape index (κ3) is 8.00. The van der Waals surface area contributed by atoms with Crippen LogP contribution in [0.4, 0.5) is 0 Å². The first kappa shape index (κ1) is 17.0. The van der Waals surface area contributed by atoms with Crippen LogP contribution in [-0.2, 0) is 0 Å². The van der Waals surface area contributed by atoms with Crippen LogP contribution in [0.3, 0.4) is 0 Å². The molecule has 1 aliphatic heterocycles. The van der Waals surface area contributed by atoms with Crippen LogP contribution < -0.4 is 0 Å². The molecule has 0 fully saturated rings. The summed E-state index contributed by atoms with van der Waals surface area (Å²) in [5, 5.41) is 0.